The SMILES string of the molecule is CCCOc1ccc(C[N+]2([O-])CCC(C(O)(c3ccc(C(F)(F)F)cc3)c3ccc(C(F)(F)F)cc3)CC2)cc1. The van der Waals surface area contributed by atoms with Crippen LogP contribution in [0.15, 0.2) is 72.8 Å². The van der Waals surface area contributed by atoms with Gasteiger partial charge in [0.25, 0.3) is 0 Å². The largest absolute Gasteiger partial charge is 0.633 e. The van der Waals surface area contributed by atoms with Crippen molar-refractivity contribution in [2.24, 2.45) is 5.92 Å². The van der Waals surface area contributed by atoms with Crippen LogP contribution in [0.4, 0.5) is 26.3 Å². The first-order valence-electron chi connectivity index (χ1n) is 13.1. The van der Waals surface area contributed by atoms with Crippen molar-refractivity contribution in [2.75, 3.05) is 19.7 Å². The van der Waals surface area contributed by atoms with Crippen molar-refractivity contribution in [1.82, 2.24) is 0 Å². The molecule has 216 valence electrons. The Balaban J connectivity index is 1.58. The summed E-state index contributed by atoms with van der Waals surface area (Å²) in [5.74, 6) is 0.103. The van der Waals surface area contributed by atoms with Crippen molar-refractivity contribution in [3.63, 3.8) is 0 Å². The molecule has 10 heteroatoms. The van der Waals surface area contributed by atoms with Gasteiger partial charge in [-0.3, -0.25) is 0 Å². The molecule has 40 heavy (non-hydrogen) atoms. The van der Waals surface area contributed by atoms with Crippen LogP contribution in [-0.2, 0) is 24.5 Å². The van der Waals surface area contributed by atoms with Crippen LogP contribution in [0.3, 0.4) is 0 Å². The second-order valence-electron chi connectivity index (χ2n) is 10.3. The summed E-state index contributed by atoms with van der Waals surface area (Å²) in [5.41, 5.74) is -2.64. The fourth-order valence-corrected chi connectivity index (χ4v) is 5.32. The smallest absolute Gasteiger partial charge is 0.416 e. The summed E-state index contributed by atoms with van der Waals surface area (Å²) in [4.78, 5) is 0. The Morgan fingerprint density at radius 2 is 1.18 bits per heavy atom. The quantitative estimate of drug-likeness (QED) is 0.173. The van der Waals surface area contributed by atoms with Crippen LogP contribution in [0.2, 0.25) is 0 Å². The number of halogens is 6. The summed E-state index contributed by atoms with van der Waals surface area (Å²) >= 11 is 0. The van der Waals surface area contributed by atoms with Gasteiger partial charge < -0.3 is 19.7 Å². The summed E-state index contributed by atoms with van der Waals surface area (Å²) in [6.45, 7) is 3.03. The van der Waals surface area contributed by atoms with E-state index in [0.29, 0.717) is 12.4 Å². The van der Waals surface area contributed by atoms with Gasteiger partial charge in [0.1, 0.15) is 17.9 Å². The van der Waals surface area contributed by atoms with Crippen LogP contribution < -0.4 is 4.74 Å². The van der Waals surface area contributed by atoms with E-state index in [4.69, 9.17) is 4.74 Å². The fraction of sp³-hybridized carbons (Fsp3) is 0.400. The molecule has 1 aliphatic rings. The second-order valence-corrected chi connectivity index (χ2v) is 10.3. The number of aliphatic hydroxyl groups is 1. The van der Waals surface area contributed by atoms with Crippen LogP contribution in [0.1, 0.15) is 54.0 Å². The maximum Gasteiger partial charge on any atom is 0.416 e. The number of hydrogen-bond donors (Lipinski definition) is 1. The Hall–Kier alpha value is -3.08. The average Bonchev–Trinajstić information content (AvgIpc) is 2.92. The Morgan fingerprint density at radius 1 is 0.750 bits per heavy atom. The molecule has 0 aromatic heterocycles. The van der Waals surface area contributed by atoms with E-state index in [0.717, 1.165) is 60.5 Å². The lowest BCUT2D eigenvalue weighted by Crippen LogP contribution is -2.51. The van der Waals surface area contributed by atoms with Crippen LogP contribution in [0.25, 0.3) is 0 Å². The molecule has 1 heterocycles. The van der Waals surface area contributed by atoms with E-state index in [1.165, 1.54) is 0 Å². The van der Waals surface area contributed by atoms with Crippen molar-refractivity contribution in [2.45, 2.75) is 50.7 Å². The molecule has 0 unspecified atom stereocenters. The molecule has 0 bridgehead atoms. The zero-order chi connectivity index (χ0) is 29.2. The fourth-order valence-electron chi connectivity index (χ4n) is 5.32. The number of likely N-dealkylation sites (tertiary alicyclic amines) is 1. The third-order valence-electron chi connectivity index (χ3n) is 7.53. The Bertz CT molecular complexity index is 1190. The molecule has 0 spiro atoms. The number of quaternary nitrogens is 1. The summed E-state index contributed by atoms with van der Waals surface area (Å²) in [7, 11) is 0. The first-order valence-corrected chi connectivity index (χ1v) is 13.1. The number of rotatable bonds is 8. The standard InChI is InChI=1S/C30H31F6NO3/c1-2-19-40-27-13-3-21(4-14-27)20-37(39)17-15-24(16-18-37)28(38,22-5-9-25(10-6-22)29(31,32)33)23-7-11-26(12-8-23)30(34,35)36/h3-14,24,38H,2,15-20H2,1H3. The molecule has 3 aromatic rings. The van der Waals surface area contributed by atoms with Crippen LogP contribution in [0, 0.1) is 11.1 Å². The van der Waals surface area contributed by atoms with Crippen molar-refractivity contribution in [3.05, 3.63) is 106 Å². The number of alkyl halides is 6. The number of piperidine rings is 1. The monoisotopic (exact) mass is 567 g/mol. The molecule has 0 amide bonds. The molecular formula is C30H31F6NO3. The van der Waals surface area contributed by atoms with Crippen molar-refractivity contribution in [1.29, 1.82) is 0 Å². The van der Waals surface area contributed by atoms with E-state index in [1.807, 2.05) is 19.1 Å². The highest BCUT2D eigenvalue weighted by atomic mass is 19.4. The Labute approximate surface area is 229 Å². The lowest BCUT2D eigenvalue weighted by molar-refractivity contribution is -0.900. The van der Waals surface area contributed by atoms with Crippen LogP contribution in [0.5, 0.6) is 5.75 Å². The molecule has 0 atom stereocenters. The molecule has 4 nitrogen and oxygen atoms in total. The van der Waals surface area contributed by atoms with Gasteiger partial charge in [-0.2, -0.15) is 26.3 Å². The average molecular weight is 568 g/mol. The number of benzene rings is 3. The first kappa shape index (κ1) is 29.9. The summed E-state index contributed by atoms with van der Waals surface area (Å²) in [6, 6.07) is 15.2. The summed E-state index contributed by atoms with van der Waals surface area (Å²) in [5, 5.41) is 25.6. The van der Waals surface area contributed by atoms with E-state index in [1.54, 1.807) is 12.1 Å². The predicted octanol–water partition coefficient (Wildman–Crippen LogP) is 7.67. The number of hydroxylamine groups is 3. The van der Waals surface area contributed by atoms with Gasteiger partial charge in [-0.15, -0.1) is 0 Å². The van der Waals surface area contributed by atoms with E-state index >= 15 is 0 Å². The summed E-state index contributed by atoms with van der Waals surface area (Å²) in [6.07, 6.45) is -7.86. The van der Waals surface area contributed by atoms with Gasteiger partial charge in [0.2, 0.25) is 0 Å². The lowest BCUT2D eigenvalue weighted by Gasteiger charge is -2.50. The first-order chi connectivity index (χ1) is 18.7. The minimum atomic E-state index is -4.59. The van der Waals surface area contributed by atoms with Gasteiger partial charge in [-0.25, -0.2) is 0 Å². The van der Waals surface area contributed by atoms with Gasteiger partial charge in [0, 0.05) is 24.3 Å². The normalized spacial score (nSPS) is 20.4. The van der Waals surface area contributed by atoms with Crippen molar-refractivity contribution >= 4 is 0 Å². The van der Waals surface area contributed by atoms with Gasteiger partial charge in [0.05, 0.1) is 30.8 Å². The third kappa shape index (κ3) is 6.62. The van der Waals surface area contributed by atoms with Crippen molar-refractivity contribution < 1.29 is 40.8 Å². The van der Waals surface area contributed by atoms with Crippen LogP contribution >= 0.6 is 0 Å². The summed E-state index contributed by atoms with van der Waals surface area (Å²) < 4.78 is 84.1. The minimum Gasteiger partial charge on any atom is -0.633 e. The molecule has 1 saturated heterocycles. The predicted molar refractivity (Wildman–Crippen MR) is 138 cm³/mol. The highest BCUT2D eigenvalue weighted by molar-refractivity contribution is 5.40. The minimum absolute atomic E-state index is 0.124. The maximum absolute atomic E-state index is 13.6. The Kier molecular flexibility index (Phi) is 8.54. The van der Waals surface area contributed by atoms with Gasteiger partial charge in [-0.05, 0) is 66.1 Å². The third-order valence-corrected chi connectivity index (χ3v) is 7.53. The van der Waals surface area contributed by atoms with Crippen molar-refractivity contribution in [3.8, 4) is 5.75 Å². The molecular weight excluding hydrogens is 536 g/mol. The van der Waals surface area contributed by atoms with Crippen LogP contribution in [-0.4, -0.2) is 29.4 Å². The van der Waals surface area contributed by atoms with Gasteiger partial charge in [-0.1, -0.05) is 31.2 Å². The van der Waals surface area contributed by atoms with E-state index < -0.39 is 39.6 Å². The van der Waals surface area contributed by atoms with Gasteiger partial charge >= 0.3 is 12.4 Å². The molecule has 1 fully saturated rings. The molecule has 3 aromatic carbocycles. The van der Waals surface area contributed by atoms with Gasteiger partial charge in [0.15, 0.2) is 0 Å². The highest BCUT2D eigenvalue weighted by Gasteiger charge is 2.45. The molecule has 4 rings (SSSR count). The second kappa shape index (κ2) is 11.4. The lowest BCUT2D eigenvalue weighted by atomic mass is 9.71. The molecule has 0 saturated carbocycles. The zero-order valence-corrected chi connectivity index (χ0v) is 21.9. The molecule has 0 aliphatic carbocycles. The number of ether oxygens (including phenoxy) is 1. The molecule has 1 aliphatic heterocycles. The molecule has 1 N–H and O–H groups in total. The van der Waals surface area contributed by atoms with E-state index in [-0.39, 0.29) is 43.6 Å². The zero-order valence-electron chi connectivity index (χ0n) is 21.9. The highest BCUT2D eigenvalue weighted by Crippen LogP contribution is 2.45. The molecule has 0 radical (unpaired) electrons. The Morgan fingerprint density at radius 3 is 1.57 bits per heavy atom. The van der Waals surface area contributed by atoms with E-state index in [9.17, 15) is 36.7 Å². The maximum atomic E-state index is 13.6. The number of nitrogens with zero attached hydrogens (tertiary/aromatic N) is 1. The topological polar surface area (TPSA) is 52.5 Å². The number of hydrogen-bond acceptors (Lipinski definition) is 3. The van der Waals surface area contributed by atoms with E-state index in [2.05, 4.69) is 0 Å².